The number of hydrogen-bond acceptors (Lipinski definition) is 4. The SMILES string of the molecule is CCCCOc1cc(/C=C/C(=O)c2ccc(OCCC)cc2)c(C(C)(C)C)c(OCCCC)c1. The fourth-order valence-electron chi connectivity index (χ4n) is 3.60. The quantitative estimate of drug-likeness (QED) is 0.161. The summed E-state index contributed by atoms with van der Waals surface area (Å²) in [6.45, 7) is 14.9. The van der Waals surface area contributed by atoms with Gasteiger partial charge in [-0.05, 0) is 66.6 Å². The van der Waals surface area contributed by atoms with E-state index in [1.807, 2.05) is 42.5 Å². The number of carbonyl (C=O) groups excluding carboxylic acids is 1. The molecule has 2 aromatic carbocycles. The first-order chi connectivity index (χ1) is 16.3. The highest BCUT2D eigenvalue weighted by Gasteiger charge is 2.24. The monoisotopic (exact) mass is 466 g/mol. The topological polar surface area (TPSA) is 44.8 Å². The van der Waals surface area contributed by atoms with Crippen molar-refractivity contribution in [1.82, 2.24) is 0 Å². The zero-order valence-electron chi connectivity index (χ0n) is 21.9. The Kier molecular flexibility index (Phi) is 11.2. The Balaban J connectivity index is 2.37. The fourth-order valence-corrected chi connectivity index (χ4v) is 3.60. The van der Waals surface area contributed by atoms with Gasteiger partial charge < -0.3 is 14.2 Å². The largest absolute Gasteiger partial charge is 0.494 e. The fraction of sp³-hybridized carbons (Fsp3) is 0.500. The van der Waals surface area contributed by atoms with Crippen molar-refractivity contribution >= 4 is 11.9 Å². The van der Waals surface area contributed by atoms with Crippen LogP contribution < -0.4 is 14.2 Å². The maximum absolute atomic E-state index is 12.9. The predicted molar refractivity (Wildman–Crippen MR) is 142 cm³/mol. The molecular weight excluding hydrogens is 424 g/mol. The van der Waals surface area contributed by atoms with E-state index >= 15 is 0 Å². The van der Waals surface area contributed by atoms with Crippen molar-refractivity contribution < 1.29 is 19.0 Å². The van der Waals surface area contributed by atoms with Gasteiger partial charge in [-0.25, -0.2) is 0 Å². The molecule has 2 rings (SSSR count). The van der Waals surface area contributed by atoms with Crippen molar-refractivity contribution in [2.24, 2.45) is 0 Å². The van der Waals surface area contributed by atoms with E-state index in [-0.39, 0.29) is 11.2 Å². The van der Waals surface area contributed by atoms with Crippen LogP contribution in [0.15, 0.2) is 42.5 Å². The van der Waals surface area contributed by atoms with Gasteiger partial charge in [-0.1, -0.05) is 60.5 Å². The van der Waals surface area contributed by atoms with Crippen LogP contribution in [0.4, 0.5) is 0 Å². The van der Waals surface area contributed by atoms with Crippen LogP contribution in [0.3, 0.4) is 0 Å². The Hall–Kier alpha value is -2.75. The lowest BCUT2D eigenvalue weighted by molar-refractivity contribution is 0.104. The third-order valence-electron chi connectivity index (χ3n) is 5.40. The van der Waals surface area contributed by atoms with E-state index in [2.05, 4.69) is 41.5 Å². The van der Waals surface area contributed by atoms with Crippen LogP contribution in [0, 0.1) is 0 Å². The summed E-state index contributed by atoms with van der Waals surface area (Å²) >= 11 is 0. The Morgan fingerprint density at radius 3 is 2.00 bits per heavy atom. The molecule has 0 spiro atoms. The number of unbranched alkanes of at least 4 members (excludes halogenated alkanes) is 2. The molecule has 2 aromatic rings. The van der Waals surface area contributed by atoms with Gasteiger partial charge in [0.05, 0.1) is 19.8 Å². The number of rotatable bonds is 14. The molecule has 0 N–H and O–H groups in total. The van der Waals surface area contributed by atoms with E-state index in [0.717, 1.165) is 60.5 Å². The van der Waals surface area contributed by atoms with Gasteiger partial charge in [-0.2, -0.15) is 0 Å². The molecule has 34 heavy (non-hydrogen) atoms. The lowest BCUT2D eigenvalue weighted by Crippen LogP contribution is -2.16. The van der Waals surface area contributed by atoms with Crippen LogP contribution in [0.1, 0.15) is 95.1 Å². The Morgan fingerprint density at radius 2 is 1.41 bits per heavy atom. The highest BCUT2D eigenvalue weighted by atomic mass is 16.5. The molecule has 0 amide bonds. The van der Waals surface area contributed by atoms with Gasteiger partial charge in [0.1, 0.15) is 17.2 Å². The number of benzene rings is 2. The van der Waals surface area contributed by atoms with E-state index in [4.69, 9.17) is 14.2 Å². The molecule has 0 aliphatic carbocycles. The number of ether oxygens (including phenoxy) is 3. The molecule has 4 heteroatoms. The first-order valence-electron chi connectivity index (χ1n) is 12.7. The smallest absolute Gasteiger partial charge is 0.185 e. The minimum absolute atomic E-state index is 0.0485. The third-order valence-corrected chi connectivity index (χ3v) is 5.40. The third kappa shape index (κ3) is 8.55. The molecule has 4 nitrogen and oxygen atoms in total. The zero-order valence-corrected chi connectivity index (χ0v) is 21.9. The van der Waals surface area contributed by atoms with E-state index in [1.165, 1.54) is 0 Å². The standard InChI is InChI=1S/C30H42O4/c1-7-10-19-33-26-21-24(29(30(4,5)6)28(22-26)34-20-11-8-2)14-17-27(31)23-12-15-25(16-13-23)32-18-9-3/h12-17,21-22H,7-11,18-20H2,1-6H3/b17-14+. The summed E-state index contributed by atoms with van der Waals surface area (Å²) in [6.07, 6.45) is 8.61. The summed E-state index contributed by atoms with van der Waals surface area (Å²) in [6, 6.07) is 11.3. The lowest BCUT2D eigenvalue weighted by Gasteiger charge is -2.26. The summed E-state index contributed by atoms with van der Waals surface area (Å²) < 4.78 is 17.9. The van der Waals surface area contributed by atoms with Crippen molar-refractivity contribution in [3.8, 4) is 17.2 Å². The average Bonchev–Trinajstić information content (AvgIpc) is 2.81. The maximum atomic E-state index is 12.9. The molecule has 0 fully saturated rings. The van der Waals surface area contributed by atoms with Crippen molar-refractivity contribution in [2.45, 2.75) is 79.1 Å². The molecular formula is C30H42O4. The molecule has 0 atom stereocenters. The Bertz CT molecular complexity index is 920. The molecule has 0 aliphatic heterocycles. The van der Waals surface area contributed by atoms with Crippen LogP contribution in [0.5, 0.6) is 17.2 Å². The average molecular weight is 467 g/mol. The molecule has 0 radical (unpaired) electrons. The number of hydrogen-bond donors (Lipinski definition) is 0. The Labute approximate surface area is 206 Å². The highest BCUT2D eigenvalue weighted by Crippen LogP contribution is 2.39. The highest BCUT2D eigenvalue weighted by molar-refractivity contribution is 6.07. The summed E-state index contributed by atoms with van der Waals surface area (Å²) in [7, 11) is 0. The summed E-state index contributed by atoms with van der Waals surface area (Å²) in [5, 5.41) is 0. The minimum atomic E-state index is -0.162. The first-order valence-corrected chi connectivity index (χ1v) is 12.7. The number of allylic oxidation sites excluding steroid dienone is 1. The molecule has 0 unspecified atom stereocenters. The van der Waals surface area contributed by atoms with Crippen molar-refractivity contribution in [3.63, 3.8) is 0 Å². The van der Waals surface area contributed by atoms with Gasteiger partial charge >= 0.3 is 0 Å². The summed E-state index contributed by atoms with van der Waals surface area (Å²) in [5.74, 6) is 2.34. The molecule has 0 aromatic heterocycles. The van der Waals surface area contributed by atoms with Crippen LogP contribution in [-0.4, -0.2) is 25.6 Å². The van der Waals surface area contributed by atoms with Gasteiger partial charge in [0.2, 0.25) is 0 Å². The van der Waals surface area contributed by atoms with Crippen LogP contribution >= 0.6 is 0 Å². The van der Waals surface area contributed by atoms with Crippen LogP contribution in [0.25, 0.3) is 6.08 Å². The second kappa shape index (κ2) is 13.8. The predicted octanol–water partition coefficient (Wildman–Crippen LogP) is 8.03. The number of carbonyl (C=O) groups is 1. The van der Waals surface area contributed by atoms with Gasteiger partial charge in [0.15, 0.2) is 5.78 Å². The maximum Gasteiger partial charge on any atom is 0.185 e. The zero-order chi connectivity index (χ0) is 25.0. The molecule has 0 heterocycles. The van der Waals surface area contributed by atoms with E-state index < -0.39 is 0 Å². The molecule has 0 bridgehead atoms. The van der Waals surface area contributed by atoms with Gasteiger partial charge in [-0.15, -0.1) is 0 Å². The van der Waals surface area contributed by atoms with Crippen molar-refractivity contribution in [2.75, 3.05) is 19.8 Å². The molecule has 0 saturated heterocycles. The molecule has 0 saturated carbocycles. The minimum Gasteiger partial charge on any atom is -0.494 e. The van der Waals surface area contributed by atoms with E-state index in [9.17, 15) is 4.79 Å². The van der Waals surface area contributed by atoms with E-state index in [1.54, 1.807) is 6.08 Å². The molecule has 186 valence electrons. The summed E-state index contributed by atoms with van der Waals surface area (Å²) in [5.41, 5.74) is 2.50. The Morgan fingerprint density at radius 1 is 0.794 bits per heavy atom. The van der Waals surface area contributed by atoms with Crippen LogP contribution in [0.2, 0.25) is 0 Å². The van der Waals surface area contributed by atoms with Crippen molar-refractivity contribution in [3.05, 3.63) is 59.2 Å². The second-order valence-electron chi connectivity index (χ2n) is 9.61. The number of ketones is 1. The first kappa shape index (κ1) is 27.5. The van der Waals surface area contributed by atoms with E-state index in [0.29, 0.717) is 25.4 Å². The molecule has 0 aliphatic rings. The summed E-state index contributed by atoms with van der Waals surface area (Å²) in [4.78, 5) is 12.9. The van der Waals surface area contributed by atoms with Crippen LogP contribution in [-0.2, 0) is 5.41 Å². The van der Waals surface area contributed by atoms with Gasteiger partial charge in [0.25, 0.3) is 0 Å². The van der Waals surface area contributed by atoms with Gasteiger partial charge in [0, 0.05) is 17.2 Å². The van der Waals surface area contributed by atoms with Gasteiger partial charge in [-0.3, -0.25) is 4.79 Å². The normalized spacial score (nSPS) is 11.6. The van der Waals surface area contributed by atoms with Crippen molar-refractivity contribution in [1.29, 1.82) is 0 Å². The second-order valence-corrected chi connectivity index (χ2v) is 9.61. The lowest BCUT2D eigenvalue weighted by atomic mass is 9.82.